The number of benzene rings is 2. The molecule has 0 atom stereocenters. The van der Waals surface area contributed by atoms with Crippen molar-refractivity contribution in [3.05, 3.63) is 48.0 Å². The molecule has 9 heteroatoms. The predicted molar refractivity (Wildman–Crippen MR) is 109 cm³/mol. The van der Waals surface area contributed by atoms with Crippen molar-refractivity contribution in [1.29, 1.82) is 0 Å². The Morgan fingerprint density at radius 2 is 1.70 bits per heavy atom. The van der Waals surface area contributed by atoms with Crippen LogP contribution in [0.2, 0.25) is 0 Å². The minimum absolute atomic E-state index is 0. The molecule has 0 saturated heterocycles. The van der Waals surface area contributed by atoms with Gasteiger partial charge in [-0.05, 0) is 36.4 Å². The quantitative estimate of drug-likeness (QED) is 0.679. The van der Waals surface area contributed by atoms with Gasteiger partial charge in [0, 0.05) is 24.7 Å². The van der Waals surface area contributed by atoms with Crippen LogP contribution in [0, 0.1) is 0 Å². The summed E-state index contributed by atoms with van der Waals surface area (Å²) < 4.78 is 31.4. The largest absolute Gasteiger partial charge is 0.497 e. The second-order valence-electron chi connectivity index (χ2n) is 5.52. The predicted octanol–water partition coefficient (Wildman–Crippen LogP) is 2.98. The Hall–Kier alpha value is -2.29. The van der Waals surface area contributed by atoms with Gasteiger partial charge in [0.15, 0.2) is 0 Å². The van der Waals surface area contributed by atoms with Gasteiger partial charge in [-0.15, -0.1) is 12.4 Å². The lowest BCUT2D eigenvalue weighted by atomic mass is 10.2. The molecule has 0 unspecified atom stereocenters. The van der Waals surface area contributed by atoms with E-state index < -0.39 is 15.9 Å². The zero-order valence-corrected chi connectivity index (χ0v) is 17.1. The average molecular weight is 414 g/mol. The molecule has 0 heterocycles. The topological polar surface area (TPSA) is 102 Å². The summed E-state index contributed by atoms with van der Waals surface area (Å²) in [4.78, 5) is 12.6. The second kappa shape index (κ2) is 9.59. The van der Waals surface area contributed by atoms with E-state index in [2.05, 4.69) is 5.32 Å². The van der Waals surface area contributed by atoms with Crippen molar-refractivity contribution in [2.75, 3.05) is 31.2 Å². The maximum Gasteiger partial charge on any atom is 0.255 e. The summed E-state index contributed by atoms with van der Waals surface area (Å²) in [7, 11) is -2.03. The van der Waals surface area contributed by atoms with E-state index in [-0.39, 0.29) is 17.3 Å². The van der Waals surface area contributed by atoms with E-state index in [0.717, 1.165) is 0 Å². The number of methoxy groups -OCH3 is 1. The lowest BCUT2D eigenvalue weighted by Crippen LogP contribution is -2.30. The number of sulfonamides is 1. The Morgan fingerprint density at radius 3 is 2.22 bits per heavy atom. The van der Waals surface area contributed by atoms with Crippen LogP contribution in [0.3, 0.4) is 0 Å². The Balaban J connectivity index is 0.00000364. The summed E-state index contributed by atoms with van der Waals surface area (Å²) in [6, 6.07) is 10.7. The van der Waals surface area contributed by atoms with Gasteiger partial charge in [0.25, 0.3) is 5.91 Å². The molecule has 0 bridgehead atoms. The van der Waals surface area contributed by atoms with Gasteiger partial charge in [-0.3, -0.25) is 4.79 Å². The first-order chi connectivity index (χ1) is 12.3. The first-order valence-electron chi connectivity index (χ1n) is 8.18. The number of ether oxygens (including phenoxy) is 1. The van der Waals surface area contributed by atoms with E-state index in [9.17, 15) is 13.2 Å². The van der Waals surface area contributed by atoms with Crippen molar-refractivity contribution in [2.24, 2.45) is 0 Å². The van der Waals surface area contributed by atoms with Gasteiger partial charge < -0.3 is 15.8 Å². The molecule has 27 heavy (non-hydrogen) atoms. The summed E-state index contributed by atoms with van der Waals surface area (Å²) >= 11 is 0. The monoisotopic (exact) mass is 413 g/mol. The number of nitrogen functional groups attached to an aromatic ring is 1. The lowest BCUT2D eigenvalue weighted by Gasteiger charge is -2.18. The molecule has 0 saturated carbocycles. The smallest absolute Gasteiger partial charge is 0.255 e. The standard InChI is InChI=1S/C18H23N3O4S.ClH/c1-4-21(5-2)26(23,24)15-9-6-13(7-10-15)18(22)20-17-12-14(25-3)8-11-16(17)19;/h6-12H,4-5,19H2,1-3H3,(H,20,22);1H. The zero-order valence-electron chi connectivity index (χ0n) is 15.4. The molecule has 3 N–H and O–H groups in total. The van der Waals surface area contributed by atoms with Crippen LogP contribution in [0.25, 0.3) is 0 Å². The number of hydrogen-bond acceptors (Lipinski definition) is 5. The molecule has 7 nitrogen and oxygen atoms in total. The molecule has 0 aliphatic heterocycles. The molecule has 2 aromatic rings. The number of amides is 1. The zero-order chi connectivity index (χ0) is 19.3. The minimum Gasteiger partial charge on any atom is -0.497 e. The summed E-state index contributed by atoms with van der Waals surface area (Å²) in [5.74, 6) is 0.173. The SMILES string of the molecule is CCN(CC)S(=O)(=O)c1ccc(C(=O)Nc2cc(OC)ccc2N)cc1.Cl. The van der Waals surface area contributed by atoms with Crippen LogP contribution in [0.15, 0.2) is 47.4 Å². The van der Waals surface area contributed by atoms with Crippen molar-refractivity contribution < 1.29 is 17.9 Å². The first kappa shape index (κ1) is 22.8. The fourth-order valence-electron chi connectivity index (χ4n) is 2.46. The van der Waals surface area contributed by atoms with Crippen LogP contribution in [0.5, 0.6) is 5.75 Å². The van der Waals surface area contributed by atoms with Crippen molar-refractivity contribution in [1.82, 2.24) is 4.31 Å². The van der Waals surface area contributed by atoms with Gasteiger partial charge in [0.05, 0.1) is 23.4 Å². The maximum absolute atomic E-state index is 12.5. The Labute approximate surface area is 166 Å². The molecule has 148 valence electrons. The Kier molecular flexibility index (Phi) is 8.08. The van der Waals surface area contributed by atoms with Gasteiger partial charge in [-0.25, -0.2) is 8.42 Å². The van der Waals surface area contributed by atoms with E-state index >= 15 is 0 Å². The van der Waals surface area contributed by atoms with Crippen LogP contribution < -0.4 is 15.8 Å². The van der Waals surface area contributed by atoms with E-state index in [1.54, 1.807) is 32.0 Å². The molecular formula is C18H24ClN3O4S. The average Bonchev–Trinajstić information content (AvgIpc) is 2.64. The molecule has 2 rings (SSSR count). The van der Waals surface area contributed by atoms with Gasteiger partial charge >= 0.3 is 0 Å². The van der Waals surface area contributed by atoms with E-state index in [4.69, 9.17) is 10.5 Å². The fourth-order valence-corrected chi connectivity index (χ4v) is 3.91. The highest BCUT2D eigenvalue weighted by Gasteiger charge is 2.21. The third-order valence-corrected chi connectivity index (χ3v) is 6.03. The third kappa shape index (κ3) is 5.12. The second-order valence-corrected chi connectivity index (χ2v) is 7.46. The molecule has 0 aliphatic carbocycles. The van der Waals surface area contributed by atoms with E-state index in [1.807, 2.05) is 0 Å². The molecule has 0 fully saturated rings. The number of nitrogens with one attached hydrogen (secondary N) is 1. The lowest BCUT2D eigenvalue weighted by molar-refractivity contribution is 0.102. The van der Waals surface area contributed by atoms with Crippen molar-refractivity contribution in [2.45, 2.75) is 18.7 Å². The molecule has 0 aliphatic rings. The van der Waals surface area contributed by atoms with E-state index in [1.165, 1.54) is 35.7 Å². The maximum atomic E-state index is 12.5. The Bertz CT molecular complexity index is 882. The highest BCUT2D eigenvalue weighted by atomic mass is 35.5. The van der Waals surface area contributed by atoms with Gasteiger partial charge in [0.2, 0.25) is 10.0 Å². The number of nitrogens with zero attached hydrogens (tertiary/aromatic N) is 1. The van der Waals surface area contributed by atoms with Crippen LogP contribution in [-0.2, 0) is 10.0 Å². The molecule has 0 aromatic heterocycles. The molecule has 0 spiro atoms. The first-order valence-corrected chi connectivity index (χ1v) is 9.62. The van der Waals surface area contributed by atoms with Crippen LogP contribution >= 0.6 is 12.4 Å². The van der Waals surface area contributed by atoms with E-state index in [0.29, 0.717) is 35.8 Å². The molecular weight excluding hydrogens is 390 g/mol. The number of hydrogen-bond donors (Lipinski definition) is 2. The van der Waals surface area contributed by atoms with Crippen molar-refractivity contribution in [3.63, 3.8) is 0 Å². The number of anilines is 2. The fraction of sp³-hybridized carbons (Fsp3) is 0.278. The molecule has 1 amide bonds. The van der Waals surface area contributed by atoms with Gasteiger partial charge in [0.1, 0.15) is 5.75 Å². The van der Waals surface area contributed by atoms with Gasteiger partial charge in [-0.2, -0.15) is 4.31 Å². The highest BCUT2D eigenvalue weighted by Crippen LogP contribution is 2.25. The molecule has 2 aromatic carbocycles. The number of carbonyl (C=O) groups is 1. The number of nitrogens with two attached hydrogens (primary N) is 1. The summed E-state index contributed by atoms with van der Waals surface area (Å²) in [6.07, 6.45) is 0. The summed E-state index contributed by atoms with van der Waals surface area (Å²) in [5.41, 5.74) is 7.01. The van der Waals surface area contributed by atoms with Crippen molar-refractivity contribution >= 4 is 39.7 Å². The highest BCUT2D eigenvalue weighted by molar-refractivity contribution is 7.89. The third-order valence-electron chi connectivity index (χ3n) is 3.97. The van der Waals surface area contributed by atoms with Crippen LogP contribution in [-0.4, -0.2) is 38.8 Å². The number of carbonyl (C=O) groups excluding carboxylic acids is 1. The Morgan fingerprint density at radius 1 is 1.11 bits per heavy atom. The molecule has 0 radical (unpaired) electrons. The van der Waals surface area contributed by atoms with Crippen LogP contribution in [0.1, 0.15) is 24.2 Å². The summed E-state index contributed by atoms with van der Waals surface area (Å²) in [6.45, 7) is 4.33. The van der Waals surface area contributed by atoms with Crippen molar-refractivity contribution in [3.8, 4) is 5.75 Å². The van der Waals surface area contributed by atoms with Gasteiger partial charge in [-0.1, -0.05) is 13.8 Å². The summed E-state index contributed by atoms with van der Waals surface area (Å²) in [5, 5.41) is 2.70. The van der Waals surface area contributed by atoms with Crippen LogP contribution in [0.4, 0.5) is 11.4 Å². The normalized spacial score (nSPS) is 11.0. The number of halogens is 1. The minimum atomic E-state index is -3.55. The number of rotatable bonds is 7.